The third kappa shape index (κ3) is 8.49. The van der Waals surface area contributed by atoms with Crippen LogP contribution in [0.4, 0.5) is 0 Å². The molecule has 0 spiro atoms. The minimum Gasteiger partial charge on any atom is -0.283 e. The summed E-state index contributed by atoms with van der Waals surface area (Å²) in [6, 6.07) is 9.30. The van der Waals surface area contributed by atoms with Gasteiger partial charge in [-0.25, -0.2) is 9.13 Å². The summed E-state index contributed by atoms with van der Waals surface area (Å²) < 4.78 is 8.28. The summed E-state index contributed by atoms with van der Waals surface area (Å²) in [5.74, 6) is 0.638. The molecule has 0 saturated carbocycles. The van der Waals surface area contributed by atoms with Gasteiger partial charge in [-0.15, -0.1) is 0 Å². The van der Waals surface area contributed by atoms with Crippen LogP contribution in [0.1, 0.15) is 77.3 Å². The molecule has 27 heavy (non-hydrogen) atoms. The van der Waals surface area contributed by atoms with Crippen molar-refractivity contribution >= 4 is 11.9 Å². The lowest BCUT2D eigenvalue weighted by molar-refractivity contribution is -0.687. The molecule has 0 bridgehead atoms. The molecule has 1 atom stereocenters. The van der Waals surface area contributed by atoms with Crippen molar-refractivity contribution in [1.29, 1.82) is 0 Å². The average Bonchev–Trinajstić information content (AvgIpc) is 3.06. The lowest BCUT2D eigenvalue weighted by Crippen LogP contribution is -2.31. The molecule has 3 nitrogen and oxygen atoms in total. The summed E-state index contributed by atoms with van der Waals surface area (Å²) in [6.45, 7) is 13.7. The quantitative estimate of drug-likeness (QED) is 0.478. The minimum absolute atomic E-state index is 0.322. The Bertz CT molecular complexity index is 629. The smallest absolute Gasteiger partial charge is 0.244 e. The van der Waals surface area contributed by atoms with E-state index in [0.717, 1.165) is 13.1 Å². The van der Waals surface area contributed by atoms with E-state index in [1.807, 2.05) is 0 Å². The maximum Gasteiger partial charge on any atom is 0.244 e. The molecular formula is C23H38ClN2O+. The minimum atomic E-state index is 0.322. The van der Waals surface area contributed by atoms with Crippen LogP contribution in [0.3, 0.4) is 0 Å². The number of hydrogen-bond donors (Lipinski definition) is 0. The molecule has 0 amide bonds. The van der Waals surface area contributed by atoms with Gasteiger partial charge in [0.25, 0.3) is 0 Å². The number of nitrogens with zero attached hydrogens (tertiary/aromatic N) is 2. The number of aromatic nitrogens is 2. The molecule has 152 valence electrons. The highest BCUT2D eigenvalue weighted by Gasteiger charge is 2.25. The molecule has 1 heterocycles. The zero-order valence-electron chi connectivity index (χ0n) is 18.0. The summed E-state index contributed by atoms with van der Waals surface area (Å²) in [5, 5.41) is 0. The molecule has 0 aliphatic carbocycles. The van der Waals surface area contributed by atoms with E-state index in [-0.39, 0.29) is 0 Å². The second-order valence-electron chi connectivity index (χ2n) is 8.28. The Morgan fingerprint density at radius 1 is 1.11 bits per heavy atom. The molecule has 2 rings (SSSR count). The topological polar surface area (TPSA) is 18.0 Å². The monoisotopic (exact) mass is 393 g/mol. The van der Waals surface area contributed by atoms with E-state index in [0.29, 0.717) is 11.3 Å². The van der Waals surface area contributed by atoms with Crippen LogP contribution < -0.4 is 4.57 Å². The van der Waals surface area contributed by atoms with Gasteiger partial charge in [-0.2, -0.15) is 0 Å². The molecule has 0 aliphatic heterocycles. The fourth-order valence-electron chi connectivity index (χ4n) is 3.46. The van der Waals surface area contributed by atoms with Gasteiger partial charge in [0, 0.05) is 0 Å². The highest BCUT2D eigenvalue weighted by atomic mass is 35.5. The molecule has 4 heteroatoms. The van der Waals surface area contributed by atoms with Gasteiger partial charge in [-0.3, -0.25) is 4.29 Å². The number of rotatable bonds is 8. The third-order valence-corrected chi connectivity index (χ3v) is 4.89. The van der Waals surface area contributed by atoms with Crippen LogP contribution in [0, 0.1) is 5.41 Å². The van der Waals surface area contributed by atoms with E-state index in [2.05, 4.69) is 103 Å². The van der Waals surface area contributed by atoms with E-state index < -0.39 is 0 Å². The lowest BCUT2D eigenvalue weighted by atomic mass is 9.74. The number of aryl methyl sites for hydroxylation is 1. The highest BCUT2D eigenvalue weighted by molar-refractivity contribution is 6.07. The number of hydrogen-bond acceptors (Lipinski definition) is 1. The molecule has 2 aromatic rings. The molecule has 0 N–H and O–H groups in total. The largest absolute Gasteiger partial charge is 0.283 e. The summed E-state index contributed by atoms with van der Waals surface area (Å²) >= 11 is 4.50. The van der Waals surface area contributed by atoms with Crippen molar-refractivity contribution in [2.45, 2.75) is 79.3 Å². The summed E-state index contributed by atoms with van der Waals surface area (Å²) in [4.78, 5) is 0. The Labute approximate surface area is 171 Å². The molecule has 1 aromatic carbocycles. The second kappa shape index (κ2) is 12.2. The second-order valence-corrected chi connectivity index (χ2v) is 8.59. The van der Waals surface area contributed by atoms with E-state index in [4.69, 9.17) is 0 Å². The average molecular weight is 394 g/mol. The predicted octanol–water partition coefficient (Wildman–Crippen LogP) is 6.34. The van der Waals surface area contributed by atoms with Gasteiger partial charge in [0.2, 0.25) is 6.33 Å². The first-order valence-electron chi connectivity index (χ1n) is 10.1. The number of imidazole rings is 1. The zero-order chi connectivity index (χ0) is 20.3. The van der Waals surface area contributed by atoms with Crippen LogP contribution in [0.25, 0.3) is 0 Å². The third-order valence-electron chi connectivity index (χ3n) is 4.89. The van der Waals surface area contributed by atoms with Crippen molar-refractivity contribution in [2.24, 2.45) is 5.41 Å². The fourth-order valence-corrected chi connectivity index (χ4v) is 3.46. The van der Waals surface area contributed by atoms with Crippen LogP contribution in [0.5, 0.6) is 0 Å². The van der Waals surface area contributed by atoms with Crippen molar-refractivity contribution in [2.75, 3.05) is 7.11 Å². The number of benzene rings is 1. The van der Waals surface area contributed by atoms with Crippen LogP contribution in [0.15, 0.2) is 43.0 Å². The first kappa shape index (κ1) is 23.7. The van der Waals surface area contributed by atoms with Crippen LogP contribution >= 0.6 is 11.9 Å². The first-order chi connectivity index (χ1) is 12.8. The predicted molar refractivity (Wildman–Crippen MR) is 115 cm³/mol. The van der Waals surface area contributed by atoms with Crippen LogP contribution in [0.2, 0.25) is 0 Å². The van der Waals surface area contributed by atoms with Crippen molar-refractivity contribution < 1.29 is 8.86 Å². The summed E-state index contributed by atoms with van der Waals surface area (Å²) in [5.41, 5.74) is 3.18. The van der Waals surface area contributed by atoms with Crippen molar-refractivity contribution in [3.63, 3.8) is 0 Å². The Morgan fingerprint density at radius 2 is 1.74 bits per heavy atom. The molecule has 0 fully saturated rings. The Morgan fingerprint density at radius 3 is 2.26 bits per heavy atom. The molecule has 1 aromatic heterocycles. The van der Waals surface area contributed by atoms with E-state index in [1.54, 1.807) is 0 Å². The van der Waals surface area contributed by atoms with Crippen molar-refractivity contribution in [1.82, 2.24) is 4.57 Å². The highest BCUT2D eigenvalue weighted by Crippen LogP contribution is 2.38. The summed E-state index contributed by atoms with van der Waals surface area (Å²) in [6.07, 6.45) is 11.6. The van der Waals surface area contributed by atoms with Crippen molar-refractivity contribution in [3.8, 4) is 0 Å². The van der Waals surface area contributed by atoms with Crippen LogP contribution in [-0.4, -0.2) is 11.7 Å². The Balaban J connectivity index is 0.00000114. The Kier molecular flexibility index (Phi) is 10.7. The molecule has 0 saturated heterocycles. The number of unbranched alkanes of at least 4 members (excludes halogenated alkanes) is 1. The van der Waals surface area contributed by atoms with E-state index in [1.165, 1.54) is 43.9 Å². The molecular weight excluding hydrogens is 356 g/mol. The van der Waals surface area contributed by atoms with Gasteiger partial charge in [-0.1, -0.05) is 71.7 Å². The van der Waals surface area contributed by atoms with E-state index >= 15 is 0 Å². The van der Waals surface area contributed by atoms with Gasteiger partial charge in [0.05, 0.1) is 25.5 Å². The fraction of sp³-hybridized carbons (Fsp3) is 0.609. The summed E-state index contributed by atoms with van der Waals surface area (Å²) in [7, 11) is 1.39. The standard InChI is InChI=1S/C22H35N2.CH3ClO/c1-6-8-14-23-15-16-24(18-23)17-19-10-12-20(13-11-19)21(9-7-2)22(3,4)5;1-3-2/h10-13,15-16,18,21H,6-9,14,17H2,1-5H3;1H3/q+1;. The maximum atomic E-state index is 4.50. The van der Waals surface area contributed by atoms with Gasteiger partial charge < -0.3 is 0 Å². The van der Waals surface area contributed by atoms with Crippen molar-refractivity contribution in [3.05, 3.63) is 54.1 Å². The Hall–Kier alpha value is -1.32. The molecule has 0 aliphatic rings. The van der Waals surface area contributed by atoms with Gasteiger partial charge >= 0.3 is 0 Å². The van der Waals surface area contributed by atoms with E-state index in [9.17, 15) is 0 Å². The van der Waals surface area contributed by atoms with Gasteiger partial charge in [0.15, 0.2) is 0 Å². The first-order valence-corrected chi connectivity index (χ1v) is 10.4. The normalized spacial score (nSPS) is 12.4. The lowest BCUT2D eigenvalue weighted by Gasteiger charge is -2.31. The molecule has 1 unspecified atom stereocenters. The van der Waals surface area contributed by atoms with Gasteiger partial charge in [-0.05, 0) is 35.3 Å². The SMILES string of the molecule is CCCCn1cc[n+](Cc2ccc(C(CCC)C(C)(C)C)cc2)c1.COCl. The molecule has 0 radical (unpaired) electrons. The zero-order valence-corrected chi connectivity index (χ0v) is 18.8. The van der Waals surface area contributed by atoms with Crippen LogP contribution in [-0.2, 0) is 17.4 Å². The van der Waals surface area contributed by atoms with Gasteiger partial charge in [0.1, 0.15) is 18.9 Å². The maximum absolute atomic E-state index is 4.50. The number of halogens is 1.